The fraction of sp³-hybridized carbons (Fsp3) is 0.550. The molecule has 3 rings (SSSR count). The lowest BCUT2D eigenvalue weighted by molar-refractivity contribution is -0.128. The summed E-state index contributed by atoms with van der Waals surface area (Å²) in [6.45, 7) is 4.33. The molecule has 2 aliphatic rings. The van der Waals surface area contributed by atoms with Gasteiger partial charge in [-0.1, -0.05) is 0 Å². The normalized spacial score (nSPS) is 19.5. The van der Waals surface area contributed by atoms with E-state index in [9.17, 15) is 14.4 Å². The Labute approximate surface area is 165 Å². The van der Waals surface area contributed by atoms with Crippen molar-refractivity contribution in [1.82, 2.24) is 9.80 Å². The molecule has 1 unspecified atom stereocenters. The molecule has 8 heteroatoms. The molecule has 1 aromatic carbocycles. The summed E-state index contributed by atoms with van der Waals surface area (Å²) in [6, 6.07) is 4.96. The van der Waals surface area contributed by atoms with Crippen LogP contribution in [-0.2, 0) is 9.59 Å². The van der Waals surface area contributed by atoms with Gasteiger partial charge < -0.3 is 25.2 Å². The van der Waals surface area contributed by atoms with E-state index in [0.717, 1.165) is 32.4 Å². The number of likely N-dealkylation sites (tertiary alicyclic amines) is 2. The van der Waals surface area contributed by atoms with Crippen LogP contribution in [0.25, 0.3) is 0 Å². The number of benzene rings is 1. The van der Waals surface area contributed by atoms with Crippen LogP contribution in [0.3, 0.4) is 0 Å². The monoisotopic (exact) mass is 388 g/mol. The lowest BCUT2D eigenvalue weighted by atomic mass is 9.97. The summed E-state index contributed by atoms with van der Waals surface area (Å²) < 4.78 is 5.24. The SMILES string of the molecule is COc1ccc(NC(=O)N2CCCC(CN3CCCC3=O)C2)cc1NC(C)=O. The molecular formula is C20H28N4O4. The Kier molecular flexibility index (Phi) is 6.38. The quantitative estimate of drug-likeness (QED) is 0.811. The molecule has 2 N–H and O–H groups in total. The van der Waals surface area contributed by atoms with Crippen LogP contribution in [0, 0.1) is 5.92 Å². The predicted molar refractivity (Wildman–Crippen MR) is 106 cm³/mol. The maximum atomic E-state index is 12.7. The van der Waals surface area contributed by atoms with Gasteiger partial charge >= 0.3 is 6.03 Å². The number of nitrogens with zero attached hydrogens (tertiary/aromatic N) is 2. The minimum Gasteiger partial charge on any atom is -0.495 e. The average molecular weight is 388 g/mol. The predicted octanol–water partition coefficient (Wildman–Crippen LogP) is 2.52. The van der Waals surface area contributed by atoms with Crippen molar-refractivity contribution >= 4 is 29.2 Å². The average Bonchev–Trinajstić information content (AvgIpc) is 3.06. The van der Waals surface area contributed by atoms with Crippen molar-refractivity contribution < 1.29 is 19.1 Å². The topological polar surface area (TPSA) is 91.0 Å². The fourth-order valence-electron chi connectivity index (χ4n) is 3.88. The van der Waals surface area contributed by atoms with Gasteiger partial charge in [0.1, 0.15) is 5.75 Å². The van der Waals surface area contributed by atoms with E-state index in [-0.39, 0.29) is 17.8 Å². The van der Waals surface area contributed by atoms with Gasteiger partial charge in [0.15, 0.2) is 0 Å². The highest BCUT2D eigenvalue weighted by molar-refractivity contribution is 5.94. The smallest absolute Gasteiger partial charge is 0.321 e. The van der Waals surface area contributed by atoms with Gasteiger partial charge in [0.05, 0.1) is 12.8 Å². The number of nitrogens with one attached hydrogen (secondary N) is 2. The summed E-state index contributed by atoms with van der Waals surface area (Å²) in [5.74, 6) is 0.858. The molecule has 2 aliphatic heterocycles. The lowest BCUT2D eigenvalue weighted by Crippen LogP contribution is -2.45. The summed E-state index contributed by atoms with van der Waals surface area (Å²) in [5.41, 5.74) is 1.10. The van der Waals surface area contributed by atoms with Crippen LogP contribution in [0.15, 0.2) is 18.2 Å². The number of urea groups is 1. The van der Waals surface area contributed by atoms with E-state index in [1.54, 1.807) is 23.1 Å². The zero-order valence-electron chi connectivity index (χ0n) is 16.5. The fourth-order valence-corrected chi connectivity index (χ4v) is 3.88. The second kappa shape index (κ2) is 8.95. The lowest BCUT2D eigenvalue weighted by Gasteiger charge is -2.34. The summed E-state index contributed by atoms with van der Waals surface area (Å²) in [4.78, 5) is 39.7. The van der Waals surface area contributed by atoms with Crippen LogP contribution in [0.1, 0.15) is 32.6 Å². The molecule has 0 aromatic heterocycles. The van der Waals surface area contributed by atoms with E-state index in [0.29, 0.717) is 42.6 Å². The van der Waals surface area contributed by atoms with Crippen molar-refractivity contribution in [2.24, 2.45) is 5.92 Å². The Balaban J connectivity index is 1.60. The zero-order chi connectivity index (χ0) is 20.1. The second-order valence-electron chi connectivity index (χ2n) is 7.42. The third-order valence-corrected chi connectivity index (χ3v) is 5.22. The third-order valence-electron chi connectivity index (χ3n) is 5.22. The molecule has 2 saturated heterocycles. The molecule has 0 bridgehead atoms. The number of amides is 4. The Bertz CT molecular complexity index is 752. The van der Waals surface area contributed by atoms with Gasteiger partial charge in [-0.05, 0) is 43.4 Å². The van der Waals surface area contributed by atoms with E-state index < -0.39 is 0 Å². The number of hydrogen-bond acceptors (Lipinski definition) is 4. The first-order valence-electron chi connectivity index (χ1n) is 9.75. The molecule has 8 nitrogen and oxygen atoms in total. The van der Waals surface area contributed by atoms with Crippen molar-refractivity contribution in [3.05, 3.63) is 18.2 Å². The Morgan fingerprint density at radius 2 is 2.04 bits per heavy atom. The number of rotatable bonds is 5. The van der Waals surface area contributed by atoms with Crippen molar-refractivity contribution in [3.63, 3.8) is 0 Å². The second-order valence-corrected chi connectivity index (χ2v) is 7.42. The van der Waals surface area contributed by atoms with E-state index in [2.05, 4.69) is 10.6 Å². The van der Waals surface area contributed by atoms with E-state index in [1.165, 1.54) is 14.0 Å². The van der Waals surface area contributed by atoms with Crippen LogP contribution < -0.4 is 15.4 Å². The molecule has 0 aliphatic carbocycles. The first kappa shape index (κ1) is 20.0. The summed E-state index contributed by atoms with van der Waals surface area (Å²) in [6.07, 6.45) is 3.54. The number of hydrogen-bond donors (Lipinski definition) is 2. The summed E-state index contributed by atoms with van der Waals surface area (Å²) >= 11 is 0. The Morgan fingerprint density at radius 1 is 1.21 bits per heavy atom. The third kappa shape index (κ3) is 4.94. The minimum absolute atomic E-state index is 0.170. The van der Waals surface area contributed by atoms with Gasteiger partial charge in [0.25, 0.3) is 0 Å². The van der Waals surface area contributed by atoms with Crippen molar-refractivity contribution in [2.75, 3.05) is 43.9 Å². The highest BCUT2D eigenvalue weighted by Gasteiger charge is 2.28. The molecule has 0 saturated carbocycles. The largest absolute Gasteiger partial charge is 0.495 e. The van der Waals surface area contributed by atoms with E-state index in [4.69, 9.17) is 4.74 Å². The minimum atomic E-state index is -0.211. The summed E-state index contributed by atoms with van der Waals surface area (Å²) in [5, 5.41) is 5.60. The van der Waals surface area contributed by atoms with Gasteiger partial charge in [-0.3, -0.25) is 9.59 Å². The molecule has 1 atom stereocenters. The zero-order valence-corrected chi connectivity index (χ0v) is 16.5. The first-order valence-corrected chi connectivity index (χ1v) is 9.75. The maximum absolute atomic E-state index is 12.7. The number of carbonyl (C=O) groups is 3. The van der Waals surface area contributed by atoms with Crippen LogP contribution in [0.4, 0.5) is 16.2 Å². The molecular weight excluding hydrogens is 360 g/mol. The molecule has 1 aromatic rings. The van der Waals surface area contributed by atoms with Gasteiger partial charge in [0, 0.05) is 45.2 Å². The van der Waals surface area contributed by atoms with Crippen LogP contribution >= 0.6 is 0 Å². The van der Waals surface area contributed by atoms with Gasteiger partial charge in [0.2, 0.25) is 11.8 Å². The highest BCUT2D eigenvalue weighted by atomic mass is 16.5. The number of methoxy groups -OCH3 is 1. The molecule has 0 spiro atoms. The van der Waals surface area contributed by atoms with Crippen LogP contribution in [0.2, 0.25) is 0 Å². The van der Waals surface area contributed by atoms with Crippen LogP contribution in [-0.4, -0.2) is 60.9 Å². The van der Waals surface area contributed by atoms with E-state index in [1.807, 2.05) is 4.90 Å². The maximum Gasteiger partial charge on any atom is 0.321 e. The van der Waals surface area contributed by atoms with E-state index >= 15 is 0 Å². The van der Waals surface area contributed by atoms with Crippen LogP contribution in [0.5, 0.6) is 5.75 Å². The molecule has 28 heavy (non-hydrogen) atoms. The molecule has 2 heterocycles. The molecule has 4 amide bonds. The number of ether oxygens (including phenoxy) is 1. The first-order chi connectivity index (χ1) is 13.5. The number of carbonyl (C=O) groups excluding carboxylic acids is 3. The van der Waals surface area contributed by atoms with Gasteiger partial charge in [-0.25, -0.2) is 4.79 Å². The molecule has 152 valence electrons. The number of anilines is 2. The molecule has 0 radical (unpaired) electrons. The standard InChI is InChI=1S/C20H28N4O4/c1-14(25)21-17-11-16(7-8-18(17)28-2)22-20(27)24-10-3-5-15(13-24)12-23-9-4-6-19(23)26/h7-8,11,15H,3-6,9-10,12-13H2,1-2H3,(H,21,25)(H,22,27). The van der Waals surface area contributed by atoms with Crippen molar-refractivity contribution in [2.45, 2.75) is 32.6 Å². The molecule has 2 fully saturated rings. The number of piperidine rings is 1. The Hall–Kier alpha value is -2.77. The van der Waals surface area contributed by atoms with Crippen molar-refractivity contribution in [3.8, 4) is 5.75 Å². The highest BCUT2D eigenvalue weighted by Crippen LogP contribution is 2.28. The van der Waals surface area contributed by atoms with Gasteiger partial charge in [-0.2, -0.15) is 0 Å². The van der Waals surface area contributed by atoms with Crippen molar-refractivity contribution in [1.29, 1.82) is 0 Å². The summed E-state index contributed by atoms with van der Waals surface area (Å²) in [7, 11) is 1.53. The van der Waals surface area contributed by atoms with Gasteiger partial charge in [-0.15, -0.1) is 0 Å². The Morgan fingerprint density at radius 3 is 2.71 bits per heavy atom.